The molecule has 0 aromatic heterocycles. The van der Waals surface area contributed by atoms with Gasteiger partial charge in [0.1, 0.15) is 12.1 Å². The standard InChI is InChI=1S/C66H94N8O6.2ClH/c1-47(67-5)63(75)69-61(65(77)73-41-23-35-55(73)45-71-39-25-37-57(71)59(51-27-13-9-14-28-51)52-29-15-10-16-30-52)49(3)79-43-21-7-8-22-44-80-50(4)62(70-64(76)48(2)68-6)66(78)74-42-24-36-56(74)46-72-40-26-38-58(72)60(53-31-17-11-18-32-53)54-33-19-12-20-34-54;;/h9-20,27-34,47-50,55-62,67-68H,7-8,21-26,35-46H2,1-6H3,(H,69,75)(H,70,76);2*1H/t47-,48-,49+,50+,55-,56-,57-,58-,61-,62-;;/m0../s1. The molecule has 450 valence electrons. The van der Waals surface area contributed by atoms with Gasteiger partial charge in [0, 0.05) is 75.4 Å². The van der Waals surface area contributed by atoms with Gasteiger partial charge in [-0.15, -0.1) is 24.8 Å². The summed E-state index contributed by atoms with van der Waals surface area (Å²) in [6.07, 6.45) is 10.3. The number of halogens is 2. The average Bonchev–Trinajstić information content (AvgIpc) is 4.47. The van der Waals surface area contributed by atoms with E-state index in [9.17, 15) is 19.2 Å². The van der Waals surface area contributed by atoms with Crippen molar-refractivity contribution in [3.8, 4) is 0 Å². The number of benzene rings is 4. The van der Waals surface area contributed by atoms with Crippen molar-refractivity contribution in [2.24, 2.45) is 0 Å². The molecule has 4 fully saturated rings. The Morgan fingerprint density at radius 3 is 1.10 bits per heavy atom. The molecular formula is C66H96Cl2N8O6. The molecule has 4 aliphatic rings. The Hall–Kier alpha value is -4.90. The van der Waals surface area contributed by atoms with Gasteiger partial charge in [-0.25, -0.2) is 0 Å². The number of nitrogens with one attached hydrogen (secondary N) is 4. The Morgan fingerprint density at radius 1 is 0.463 bits per heavy atom. The van der Waals surface area contributed by atoms with Crippen LogP contribution in [0, 0.1) is 0 Å². The number of carbonyl (C=O) groups is 4. The summed E-state index contributed by atoms with van der Waals surface area (Å²) in [6.45, 7) is 13.2. The third-order valence-electron chi connectivity index (χ3n) is 18.0. The number of rotatable bonds is 29. The summed E-state index contributed by atoms with van der Waals surface area (Å²) in [6, 6.07) is 41.4. The first-order valence-electron chi connectivity index (χ1n) is 30.4. The van der Waals surface area contributed by atoms with Gasteiger partial charge in [-0.2, -0.15) is 0 Å². The molecule has 0 bridgehead atoms. The molecule has 8 rings (SSSR count). The minimum atomic E-state index is -0.823. The first-order valence-corrected chi connectivity index (χ1v) is 30.4. The summed E-state index contributed by atoms with van der Waals surface area (Å²) in [5.74, 6) is -0.157. The molecule has 10 atom stereocenters. The van der Waals surface area contributed by atoms with E-state index in [1.165, 1.54) is 22.3 Å². The minimum Gasteiger partial charge on any atom is -0.376 e. The monoisotopic (exact) mass is 1170 g/mol. The van der Waals surface area contributed by atoms with Crippen molar-refractivity contribution >= 4 is 48.4 Å². The molecule has 0 saturated carbocycles. The average molecular weight is 1170 g/mol. The zero-order chi connectivity index (χ0) is 56.4. The van der Waals surface area contributed by atoms with E-state index in [-0.39, 0.29) is 72.4 Å². The maximum atomic E-state index is 14.7. The number of unbranched alkanes of at least 4 members (excludes halogenated alkanes) is 3. The van der Waals surface area contributed by atoms with Crippen LogP contribution in [0.2, 0.25) is 0 Å². The molecule has 0 unspecified atom stereocenters. The predicted octanol–water partition coefficient (Wildman–Crippen LogP) is 8.96. The van der Waals surface area contributed by atoms with Crippen LogP contribution in [0.25, 0.3) is 0 Å². The van der Waals surface area contributed by atoms with Crippen LogP contribution in [0.4, 0.5) is 0 Å². The molecule has 4 amide bonds. The fourth-order valence-electron chi connectivity index (χ4n) is 13.2. The van der Waals surface area contributed by atoms with E-state index in [0.29, 0.717) is 38.4 Å². The highest BCUT2D eigenvalue weighted by molar-refractivity contribution is 5.91. The van der Waals surface area contributed by atoms with Crippen molar-refractivity contribution in [2.75, 3.05) is 66.6 Å². The Kier molecular flexibility index (Phi) is 27.1. The van der Waals surface area contributed by atoms with E-state index in [0.717, 1.165) is 103 Å². The highest BCUT2D eigenvalue weighted by Crippen LogP contribution is 2.39. The van der Waals surface area contributed by atoms with Gasteiger partial charge in [-0.05, 0) is 141 Å². The molecule has 14 nitrogen and oxygen atoms in total. The van der Waals surface area contributed by atoms with Crippen LogP contribution in [-0.2, 0) is 28.7 Å². The molecule has 0 radical (unpaired) electrons. The van der Waals surface area contributed by atoms with Gasteiger partial charge in [-0.3, -0.25) is 29.0 Å². The van der Waals surface area contributed by atoms with E-state index >= 15 is 0 Å². The Bertz CT molecular complexity index is 2270. The van der Waals surface area contributed by atoms with E-state index in [1.807, 2.05) is 23.6 Å². The van der Waals surface area contributed by atoms with Crippen LogP contribution >= 0.6 is 24.8 Å². The maximum Gasteiger partial charge on any atom is 0.248 e. The van der Waals surface area contributed by atoms with Crippen LogP contribution < -0.4 is 21.3 Å². The molecule has 4 N–H and O–H groups in total. The zero-order valence-electron chi connectivity index (χ0n) is 49.7. The molecule has 82 heavy (non-hydrogen) atoms. The van der Waals surface area contributed by atoms with Gasteiger partial charge in [0.05, 0.1) is 24.3 Å². The Morgan fingerprint density at radius 2 is 0.780 bits per heavy atom. The molecule has 0 spiro atoms. The van der Waals surface area contributed by atoms with Crippen LogP contribution in [0.3, 0.4) is 0 Å². The van der Waals surface area contributed by atoms with E-state index in [1.54, 1.807) is 27.9 Å². The second-order valence-electron chi connectivity index (χ2n) is 23.2. The third kappa shape index (κ3) is 17.4. The van der Waals surface area contributed by atoms with Gasteiger partial charge in [0.25, 0.3) is 0 Å². The first kappa shape index (κ1) is 66.2. The smallest absolute Gasteiger partial charge is 0.248 e. The number of nitrogens with zero attached hydrogens (tertiary/aromatic N) is 4. The van der Waals surface area contributed by atoms with Crippen molar-refractivity contribution < 1.29 is 28.7 Å². The van der Waals surface area contributed by atoms with Crippen LogP contribution in [0.1, 0.15) is 139 Å². The van der Waals surface area contributed by atoms with Gasteiger partial charge in [0.2, 0.25) is 23.6 Å². The fraction of sp³-hybridized carbons (Fsp3) is 0.576. The second kappa shape index (κ2) is 33.6. The Labute approximate surface area is 502 Å². The van der Waals surface area contributed by atoms with Gasteiger partial charge in [0.15, 0.2) is 0 Å². The third-order valence-corrected chi connectivity index (χ3v) is 18.0. The predicted molar refractivity (Wildman–Crippen MR) is 333 cm³/mol. The minimum absolute atomic E-state index is 0. The van der Waals surface area contributed by atoms with Crippen molar-refractivity contribution in [1.29, 1.82) is 0 Å². The number of likely N-dealkylation sites (N-methyl/N-ethyl adjacent to an activating group) is 2. The number of amides is 4. The molecule has 4 aliphatic heterocycles. The van der Waals surface area contributed by atoms with Gasteiger partial charge in [-0.1, -0.05) is 134 Å². The topological polar surface area (TPSA) is 148 Å². The molecule has 16 heteroatoms. The summed E-state index contributed by atoms with van der Waals surface area (Å²) in [5, 5.41) is 12.2. The number of ether oxygens (including phenoxy) is 2. The van der Waals surface area contributed by atoms with Crippen LogP contribution in [0.15, 0.2) is 121 Å². The summed E-state index contributed by atoms with van der Waals surface area (Å²) >= 11 is 0. The molecule has 4 saturated heterocycles. The van der Waals surface area contributed by atoms with E-state index in [4.69, 9.17) is 9.47 Å². The SMILES string of the molecule is CN[C@@H](C)C(=O)N[C@H](C(=O)N1CCC[C@H]1CN1CCC[C@H]1C(c1ccccc1)c1ccccc1)[C@@H](C)OCCCCCCO[C@H](C)[C@H](NC(=O)[C@H](C)NC)C(=O)N1CCC[C@H]1CN1CCC[C@H]1C(c1ccccc1)c1ccccc1.Cl.Cl. The second-order valence-corrected chi connectivity index (χ2v) is 23.2. The highest BCUT2D eigenvalue weighted by atomic mass is 35.5. The largest absolute Gasteiger partial charge is 0.376 e. The van der Waals surface area contributed by atoms with Crippen molar-refractivity contribution in [2.45, 2.75) is 177 Å². The van der Waals surface area contributed by atoms with Crippen molar-refractivity contribution in [1.82, 2.24) is 40.9 Å². The van der Waals surface area contributed by atoms with Gasteiger partial charge < -0.3 is 40.5 Å². The summed E-state index contributed by atoms with van der Waals surface area (Å²) < 4.78 is 12.8. The lowest BCUT2D eigenvalue weighted by Crippen LogP contribution is -2.58. The summed E-state index contributed by atoms with van der Waals surface area (Å²) in [5.41, 5.74) is 5.26. The number of hydrogen-bond donors (Lipinski definition) is 4. The maximum absolute atomic E-state index is 14.7. The van der Waals surface area contributed by atoms with E-state index < -0.39 is 36.4 Å². The highest BCUT2D eigenvalue weighted by Gasteiger charge is 2.43. The van der Waals surface area contributed by atoms with Gasteiger partial charge >= 0.3 is 0 Å². The molecule has 4 aromatic carbocycles. The van der Waals surface area contributed by atoms with Crippen LogP contribution in [-0.4, -0.2) is 170 Å². The quantitative estimate of drug-likeness (QED) is 0.0389. The Balaban J connectivity index is 0.00000541. The first-order chi connectivity index (χ1) is 39.0. The lowest BCUT2D eigenvalue weighted by molar-refractivity contribution is -0.142. The van der Waals surface area contributed by atoms with Crippen molar-refractivity contribution in [3.05, 3.63) is 144 Å². The van der Waals surface area contributed by atoms with Crippen LogP contribution in [0.5, 0.6) is 0 Å². The molecular weight excluding hydrogens is 1070 g/mol. The lowest BCUT2D eigenvalue weighted by Gasteiger charge is -2.37. The number of likely N-dealkylation sites (tertiary alicyclic amines) is 4. The fourth-order valence-corrected chi connectivity index (χ4v) is 13.2. The molecule has 0 aliphatic carbocycles. The van der Waals surface area contributed by atoms with E-state index in [2.05, 4.69) is 152 Å². The number of hydrogen-bond acceptors (Lipinski definition) is 10. The normalized spacial score (nSPS) is 21.6. The van der Waals surface area contributed by atoms with Crippen molar-refractivity contribution in [3.63, 3.8) is 0 Å². The molecule has 4 aromatic rings. The summed E-state index contributed by atoms with van der Waals surface area (Å²) in [7, 11) is 3.50. The molecule has 4 heterocycles. The number of carbonyl (C=O) groups excluding carboxylic acids is 4. The summed E-state index contributed by atoms with van der Waals surface area (Å²) in [4.78, 5) is 65.7. The zero-order valence-corrected chi connectivity index (χ0v) is 51.3. The lowest BCUT2D eigenvalue weighted by atomic mass is 9.83.